The zero-order valence-electron chi connectivity index (χ0n) is 14.6. The van der Waals surface area contributed by atoms with Crippen molar-refractivity contribution in [3.63, 3.8) is 0 Å². The fourth-order valence-electron chi connectivity index (χ4n) is 3.10. The van der Waals surface area contributed by atoms with Crippen LogP contribution in [-0.4, -0.2) is 26.1 Å². The molecule has 0 radical (unpaired) electrons. The molecule has 130 valence electrons. The lowest BCUT2D eigenvalue weighted by Crippen LogP contribution is -2.41. The summed E-state index contributed by atoms with van der Waals surface area (Å²) in [5.74, 6) is -0.283. The highest BCUT2D eigenvalue weighted by atomic mass is 32.2. The van der Waals surface area contributed by atoms with E-state index in [2.05, 4.69) is 0 Å². The topological polar surface area (TPSA) is 54.5 Å². The Labute approximate surface area is 148 Å². The highest BCUT2D eigenvalue weighted by molar-refractivity contribution is 7.94. The van der Waals surface area contributed by atoms with Crippen molar-refractivity contribution in [1.82, 2.24) is 0 Å². The van der Waals surface area contributed by atoms with E-state index in [1.165, 1.54) is 5.41 Å². The summed E-state index contributed by atoms with van der Waals surface area (Å²) in [6, 6.07) is 12.7. The van der Waals surface area contributed by atoms with Crippen molar-refractivity contribution in [3.05, 3.63) is 76.2 Å². The van der Waals surface area contributed by atoms with Gasteiger partial charge in [0.25, 0.3) is 5.91 Å². The van der Waals surface area contributed by atoms with Crippen LogP contribution in [0.4, 0.5) is 5.69 Å². The van der Waals surface area contributed by atoms with E-state index in [4.69, 9.17) is 0 Å². The van der Waals surface area contributed by atoms with Crippen LogP contribution in [0.15, 0.2) is 53.9 Å². The SMILES string of the molecule is Cc1ccc(C(=O)N(c2cc(C)cc(C)c2)[C@@H]2C=CS(=O)(=O)C2)cc1. The Morgan fingerprint density at radius 3 is 2.08 bits per heavy atom. The maximum atomic E-state index is 13.2. The van der Waals surface area contributed by atoms with Gasteiger partial charge in [0.15, 0.2) is 9.84 Å². The minimum Gasteiger partial charge on any atom is -0.300 e. The summed E-state index contributed by atoms with van der Waals surface area (Å²) < 4.78 is 23.8. The molecule has 2 aromatic rings. The summed E-state index contributed by atoms with van der Waals surface area (Å²) in [6.45, 7) is 5.89. The molecule has 0 saturated heterocycles. The minimum atomic E-state index is -3.27. The maximum absolute atomic E-state index is 13.2. The monoisotopic (exact) mass is 355 g/mol. The quantitative estimate of drug-likeness (QED) is 0.846. The fraction of sp³-hybridized carbons (Fsp3) is 0.250. The third-order valence-electron chi connectivity index (χ3n) is 4.24. The van der Waals surface area contributed by atoms with E-state index in [9.17, 15) is 13.2 Å². The molecule has 0 unspecified atom stereocenters. The summed E-state index contributed by atoms with van der Waals surface area (Å²) in [5.41, 5.74) is 4.39. The van der Waals surface area contributed by atoms with Crippen molar-refractivity contribution in [1.29, 1.82) is 0 Å². The first-order valence-corrected chi connectivity index (χ1v) is 9.86. The van der Waals surface area contributed by atoms with Gasteiger partial charge in [-0.1, -0.05) is 23.8 Å². The number of nitrogens with zero attached hydrogens (tertiary/aromatic N) is 1. The number of carbonyl (C=O) groups is 1. The lowest BCUT2D eigenvalue weighted by Gasteiger charge is -2.28. The van der Waals surface area contributed by atoms with Gasteiger partial charge in [0, 0.05) is 16.7 Å². The maximum Gasteiger partial charge on any atom is 0.258 e. The number of aryl methyl sites for hydroxylation is 3. The number of amides is 1. The molecule has 0 aliphatic carbocycles. The molecule has 3 rings (SSSR count). The van der Waals surface area contributed by atoms with Crippen LogP contribution < -0.4 is 4.90 Å². The van der Waals surface area contributed by atoms with Gasteiger partial charge in [-0.3, -0.25) is 4.79 Å². The van der Waals surface area contributed by atoms with Crippen LogP contribution in [0.3, 0.4) is 0 Å². The highest BCUT2D eigenvalue weighted by Crippen LogP contribution is 2.27. The van der Waals surface area contributed by atoms with Gasteiger partial charge in [-0.25, -0.2) is 8.42 Å². The van der Waals surface area contributed by atoms with E-state index >= 15 is 0 Å². The predicted octanol–water partition coefficient (Wildman–Crippen LogP) is 3.57. The van der Waals surface area contributed by atoms with E-state index in [1.807, 2.05) is 51.1 Å². The van der Waals surface area contributed by atoms with Crippen molar-refractivity contribution in [2.75, 3.05) is 10.7 Å². The van der Waals surface area contributed by atoms with Gasteiger partial charge in [-0.15, -0.1) is 0 Å². The minimum absolute atomic E-state index is 0.0857. The van der Waals surface area contributed by atoms with Crippen LogP contribution in [0.5, 0.6) is 0 Å². The first-order chi connectivity index (χ1) is 11.7. The van der Waals surface area contributed by atoms with Gasteiger partial charge in [-0.2, -0.15) is 0 Å². The molecule has 0 N–H and O–H groups in total. The van der Waals surface area contributed by atoms with Crippen LogP contribution >= 0.6 is 0 Å². The Balaban J connectivity index is 2.07. The number of carbonyl (C=O) groups excluding carboxylic acids is 1. The average Bonchev–Trinajstić information content (AvgIpc) is 2.87. The molecule has 1 heterocycles. The second kappa shape index (κ2) is 6.48. The average molecular weight is 355 g/mol. The number of rotatable bonds is 3. The van der Waals surface area contributed by atoms with Crippen molar-refractivity contribution in [3.8, 4) is 0 Å². The number of hydrogen-bond acceptors (Lipinski definition) is 3. The van der Waals surface area contributed by atoms with E-state index in [1.54, 1.807) is 23.1 Å². The lowest BCUT2D eigenvalue weighted by molar-refractivity contribution is 0.0983. The zero-order chi connectivity index (χ0) is 18.2. The number of anilines is 1. The summed E-state index contributed by atoms with van der Waals surface area (Å²) in [6.07, 6.45) is 1.60. The Bertz CT molecular complexity index is 923. The molecule has 1 aliphatic rings. The smallest absolute Gasteiger partial charge is 0.258 e. The highest BCUT2D eigenvalue weighted by Gasteiger charge is 2.32. The molecule has 0 saturated carbocycles. The largest absolute Gasteiger partial charge is 0.300 e. The molecule has 2 aromatic carbocycles. The van der Waals surface area contributed by atoms with Crippen LogP contribution in [-0.2, 0) is 9.84 Å². The summed E-state index contributed by atoms with van der Waals surface area (Å²) in [7, 11) is -3.27. The van der Waals surface area contributed by atoms with Gasteiger partial charge in [0.1, 0.15) is 0 Å². The summed E-state index contributed by atoms with van der Waals surface area (Å²) in [4.78, 5) is 14.8. The number of benzene rings is 2. The van der Waals surface area contributed by atoms with E-state index < -0.39 is 15.9 Å². The Morgan fingerprint density at radius 1 is 0.960 bits per heavy atom. The summed E-state index contributed by atoms with van der Waals surface area (Å²) >= 11 is 0. The van der Waals surface area contributed by atoms with Gasteiger partial charge in [0.05, 0.1) is 11.8 Å². The Morgan fingerprint density at radius 2 is 1.56 bits per heavy atom. The van der Waals surface area contributed by atoms with Crippen molar-refractivity contribution < 1.29 is 13.2 Å². The molecule has 1 aliphatic heterocycles. The molecule has 4 nitrogen and oxygen atoms in total. The van der Waals surface area contributed by atoms with E-state index in [0.717, 1.165) is 22.4 Å². The molecule has 0 aromatic heterocycles. The van der Waals surface area contributed by atoms with Gasteiger partial charge >= 0.3 is 0 Å². The van der Waals surface area contributed by atoms with E-state index in [0.29, 0.717) is 5.56 Å². The zero-order valence-corrected chi connectivity index (χ0v) is 15.4. The van der Waals surface area contributed by atoms with Crippen LogP contribution in [0.2, 0.25) is 0 Å². The third-order valence-corrected chi connectivity index (χ3v) is 5.62. The van der Waals surface area contributed by atoms with Crippen LogP contribution in [0, 0.1) is 20.8 Å². The molecular weight excluding hydrogens is 334 g/mol. The molecule has 5 heteroatoms. The predicted molar refractivity (Wildman–Crippen MR) is 101 cm³/mol. The fourth-order valence-corrected chi connectivity index (χ4v) is 4.37. The first kappa shape index (κ1) is 17.4. The van der Waals surface area contributed by atoms with Gasteiger partial charge < -0.3 is 4.90 Å². The second-order valence-corrected chi connectivity index (χ2v) is 8.54. The second-order valence-electron chi connectivity index (χ2n) is 6.61. The molecule has 0 bridgehead atoms. The van der Waals surface area contributed by atoms with Crippen LogP contribution in [0.25, 0.3) is 0 Å². The lowest BCUT2D eigenvalue weighted by atomic mass is 10.1. The van der Waals surface area contributed by atoms with Crippen molar-refractivity contribution >= 4 is 21.4 Å². The van der Waals surface area contributed by atoms with Gasteiger partial charge in [-0.05, 0) is 62.2 Å². The van der Waals surface area contributed by atoms with Crippen LogP contribution in [0.1, 0.15) is 27.0 Å². The molecule has 1 amide bonds. The molecular formula is C20H21NO3S. The Kier molecular flexibility index (Phi) is 4.52. The van der Waals surface area contributed by atoms with Crippen molar-refractivity contribution in [2.45, 2.75) is 26.8 Å². The summed E-state index contributed by atoms with van der Waals surface area (Å²) in [5, 5.41) is 1.20. The van der Waals surface area contributed by atoms with Crippen molar-refractivity contribution in [2.24, 2.45) is 0 Å². The molecule has 1 atom stereocenters. The molecule has 25 heavy (non-hydrogen) atoms. The molecule has 0 fully saturated rings. The first-order valence-electron chi connectivity index (χ1n) is 8.15. The number of sulfone groups is 1. The molecule has 0 spiro atoms. The Hall–Kier alpha value is -2.40. The normalized spacial score (nSPS) is 18.3. The number of hydrogen-bond donors (Lipinski definition) is 0. The standard InChI is InChI=1S/C20H21NO3S/c1-14-4-6-17(7-5-14)20(22)21(18-8-9-25(23,24)13-18)19-11-15(2)10-16(3)12-19/h4-12,18H,13H2,1-3H3/t18-/m1/s1. The van der Waals surface area contributed by atoms with E-state index in [-0.39, 0.29) is 11.7 Å². The van der Waals surface area contributed by atoms with Gasteiger partial charge in [0.2, 0.25) is 0 Å². The third kappa shape index (κ3) is 3.82.